The SMILES string of the molecule is O=C(OC[C@H]1O[C@H](Cl)[C@H](Cl)[C@@H](OC(=O)c2ccccc2)[C@H]1OC(=O)c1ccccc1)c1ccccc1. The number of benzene rings is 3. The van der Waals surface area contributed by atoms with Crippen LogP contribution < -0.4 is 0 Å². The van der Waals surface area contributed by atoms with E-state index in [1.165, 1.54) is 0 Å². The van der Waals surface area contributed by atoms with Crippen LogP contribution in [-0.4, -0.2) is 53.8 Å². The fraction of sp³-hybridized carbons (Fsp3) is 0.222. The van der Waals surface area contributed by atoms with Crippen molar-refractivity contribution in [2.75, 3.05) is 6.61 Å². The number of ether oxygens (including phenoxy) is 4. The molecular weight excluding hydrogens is 507 g/mol. The van der Waals surface area contributed by atoms with Crippen LogP contribution in [0, 0.1) is 0 Å². The molecule has 1 aliphatic rings. The molecule has 0 aromatic heterocycles. The van der Waals surface area contributed by atoms with Gasteiger partial charge in [-0.05, 0) is 36.4 Å². The maximum Gasteiger partial charge on any atom is 0.338 e. The Hall–Kier alpha value is -3.39. The molecule has 7 nitrogen and oxygen atoms in total. The summed E-state index contributed by atoms with van der Waals surface area (Å²) in [6.45, 7) is -0.327. The molecule has 36 heavy (non-hydrogen) atoms. The molecule has 0 unspecified atom stereocenters. The second-order valence-electron chi connectivity index (χ2n) is 7.91. The van der Waals surface area contributed by atoms with Gasteiger partial charge in [0, 0.05) is 0 Å². The van der Waals surface area contributed by atoms with Gasteiger partial charge in [0.2, 0.25) is 0 Å². The molecule has 0 aliphatic carbocycles. The largest absolute Gasteiger partial charge is 0.459 e. The van der Waals surface area contributed by atoms with Gasteiger partial charge in [0.25, 0.3) is 0 Å². The zero-order valence-corrected chi connectivity index (χ0v) is 20.4. The zero-order valence-electron chi connectivity index (χ0n) is 18.9. The van der Waals surface area contributed by atoms with Gasteiger partial charge in [-0.1, -0.05) is 66.2 Å². The summed E-state index contributed by atoms with van der Waals surface area (Å²) < 4.78 is 22.5. The van der Waals surface area contributed by atoms with E-state index in [1.807, 2.05) is 0 Å². The van der Waals surface area contributed by atoms with Crippen molar-refractivity contribution >= 4 is 41.1 Å². The number of hydrogen-bond donors (Lipinski definition) is 0. The highest BCUT2D eigenvalue weighted by atomic mass is 35.5. The first-order valence-corrected chi connectivity index (χ1v) is 12.0. The van der Waals surface area contributed by atoms with Gasteiger partial charge in [0.05, 0.1) is 16.7 Å². The monoisotopic (exact) mass is 528 g/mol. The third-order valence-corrected chi connectivity index (χ3v) is 6.43. The van der Waals surface area contributed by atoms with E-state index >= 15 is 0 Å². The molecule has 5 atom stereocenters. The highest BCUT2D eigenvalue weighted by molar-refractivity contribution is 6.29. The predicted octanol–water partition coefficient (Wildman–Crippen LogP) is 4.87. The first-order chi connectivity index (χ1) is 17.4. The maximum absolute atomic E-state index is 12.9. The molecule has 1 heterocycles. The van der Waals surface area contributed by atoms with Crippen LogP contribution in [0.3, 0.4) is 0 Å². The van der Waals surface area contributed by atoms with Gasteiger partial charge in [-0.3, -0.25) is 0 Å². The molecule has 186 valence electrons. The molecular formula is C27H22Cl2O7. The average Bonchev–Trinajstić information content (AvgIpc) is 2.92. The number of carbonyl (C=O) groups is 3. The van der Waals surface area contributed by atoms with Crippen LogP contribution in [0.25, 0.3) is 0 Å². The van der Waals surface area contributed by atoms with Gasteiger partial charge in [-0.15, -0.1) is 11.6 Å². The average molecular weight is 529 g/mol. The smallest absolute Gasteiger partial charge is 0.338 e. The molecule has 0 bridgehead atoms. The van der Waals surface area contributed by atoms with Crippen LogP contribution in [0.5, 0.6) is 0 Å². The van der Waals surface area contributed by atoms with Gasteiger partial charge in [-0.2, -0.15) is 0 Å². The summed E-state index contributed by atoms with van der Waals surface area (Å²) in [4.78, 5) is 38.2. The summed E-state index contributed by atoms with van der Waals surface area (Å²) in [7, 11) is 0. The van der Waals surface area contributed by atoms with E-state index in [4.69, 9.17) is 42.1 Å². The topological polar surface area (TPSA) is 88.1 Å². The lowest BCUT2D eigenvalue weighted by Gasteiger charge is -2.41. The summed E-state index contributed by atoms with van der Waals surface area (Å²) in [5.41, 5.74) is -0.243. The molecule has 0 N–H and O–H groups in total. The van der Waals surface area contributed by atoms with Crippen LogP contribution in [0.2, 0.25) is 0 Å². The molecule has 1 aliphatic heterocycles. The minimum Gasteiger partial charge on any atom is -0.459 e. The Balaban J connectivity index is 1.57. The van der Waals surface area contributed by atoms with Crippen molar-refractivity contribution in [3.05, 3.63) is 108 Å². The first kappa shape index (κ1) is 25.7. The van der Waals surface area contributed by atoms with Crippen LogP contribution in [0.4, 0.5) is 0 Å². The summed E-state index contributed by atoms with van der Waals surface area (Å²) in [6.07, 6.45) is -3.47. The lowest BCUT2D eigenvalue weighted by atomic mass is 10.0. The molecule has 1 fully saturated rings. The van der Waals surface area contributed by atoms with Crippen molar-refractivity contribution in [2.45, 2.75) is 29.3 Å². The molecule has 1 saturated heterocycles. The van der Waals surface area contributed by atoms with Crippen LogP contribution in [0.1, 0.15) is 31.1 Å². The minimum atomic E-state index is -1.22. The summed E-state index contributed by atoms with van der Waals surface area (Å²) in [5.74, 6) is -1.98. The van der Waals surface area contributed by atoms with Gasteiger partial charge < -0.3 is 18.9 Å². The van der Waals surface area contributed by atoms with Crippen LogP contribution >= 0.6 is 23.2 Å². The maximum atomic E-state index is 12.9. The second-order valence-corrected chi connectivity index (χ2v) is 8.84. The highest BCUT2D eigenvalue weighted by Crippen LogP contribution is 2.33. The molecule has 9 heteroatoms. The molecule has 0 radical (unpaired) electrons. The number of rotatable bonds is 7. The number of alkyl halides is 2. The third kappa shape index (κ3) is 6.23. The Bertz CT molecular complexity index is 1170. The zero-order chi connectivity index (χ0) is 25.5. The molecule has 0 saturated carbocycles. The van der Waals surface area contributed by atoms with Crippen molar-refractivity contribution < 1.29 is 33.3 Å². The molecule has 4 rings (SSSR count). The molecule has 3 aromatic rings. The van der Waals surface area contributed by atoms with Crippen LogP contribution in [0.15, 0.2) is 91.0 Å². The highest BCUT2D eigenvalue weighted by Gasteiger charge is 2.49. The second kappa shape index (κ2) is 12.0. The fourth-order valence-electron chi connectivity index (χ4n) is 3.62. The fourth-order valence-corrected chi connectivity index (χ4v) is 4.15. The van der Waals surface area contributed by atoms with Gasteiger partial charge >= 0.3 is 17.9 Å². The number of halogens is 2. The Morgan fingerprint density at radius 2 is 1.06 bits per heavy atom. The van der Waals surface area contributed by atoms with Gasteiger partial charge in [0.15, 0.2) is 17.8 Å². The summed E-state index contributed by atoms with van der Waals surface area (Å²) in [5, 5.41) is -1.06. The quantitative estimate of drug-likeness (QED) is 0.245. The van der Waals surface area contributed by atoms with E-state index in [1.54, 1.807) is 91.0 Å². The number of esters is 3. The Morgan fingerprint density at radius 1 is 0.639 bits per heavy atom. The van der Waals surface area contributed by atoms with E-state index in [-0.39, 0.29) is 17.7 Å². The van der Waals surface area contributed by atoms with Crippen molar-refractivity contribution in [2.24, 2.45) is 0 Å². The van der Waals surface area contributed by atoms with Gasteiger partial charge in [0.1, 0.15) is 18.1 Å². The molecule has 3 aromatic carbocycles. The Kier molecular flexibility index (Phi) is 8.59. The van der Waals surface area contributed by atoms with E-state index in [0.717, 1.165) is 0 Å². The normalized spacial score (nSPS) is 23.3. The minimum absolute atomic E-state index is 0.268. The summed E-state index contributed by atoms with van der Waals surface area (Å²) in [6, 6.07) is 24.9. The lowest BCUT2D eigenvalue weighted by molar-refractivity contribution is -0.161. The van der Waals surface area contributed by atoms with Crippen molar-refractivity contribution in [3.63, 3.8) is 0 Å². The van der Waals surface area contributed by atoms with Crippen LogP contribution in [-0.2, 0) is 18.9 Å². The van der Waals surface area contributed by atoms with E-state index in [0.29, 0.717) is 5.56 Å². The van der Waals surface area contributed by atoms with Crippen molar-refractivity contribution in [3.8, 4) is 0 Å². The predicted molar refractivity (Wildman–Crippen MR) is 132 cm³/mol. The molecule has 0 amide bonds. The first-order valence-electron chi connectivity index (χ1n) is 11.1. The van der Waals surface area contributed by atoms with Crippen molar-refractivity contribution in [1.29, 1.82) is 0 Å². The number of hydrogen-bond acceptors (Lipinski definition) is 7. The lowest BCUT2D eigenvalue weighted by Crippen LogP contribution is -2.58. The number of carbonyl (C=O) groups excluding carboxylic acids is 3. The van der Waals surface area contributed by atoms with Gasteiger partial charge in [-0.25, -0.2) is 14.4 Å². The van der Waals surface area contributed by atoms with E-state index in [9.17, 15) is 14.4 Å². The standard InChI is InChI=1S/C27H22Cl2O7/c28-21-23(36-27(32)19-14-8-3-9-15-19)22(35-26(31)18-12-6-2-7-13-18)20(34-24(21)29)16-33-25(30)17-10-4-1-5-11-17/h1-15,20-24H,16H2/t20-,21-,22+,23-,24+/m1/s1. The molecule has 0 spiro atoms. The Labute approximate surface area is 217 Å². The third-order valence-electron chi connectivity index (χ3n) is 5.45. The van der Waals surface area contributed by atoms with E-state index in [2.05, 4.69) is 0 Å². The summed E-state index contributed by atoms with van der Waals surface area (Å²) >= 11 is 12.8. The van der Waals surface area contributed by atoms with E-state index < -0.39 is 47.2 Å². The van der Waals surface area contributed by atoms with Crippen molar-refractivity contribution in [1.82, 2.24) is 0 Å². The Morgan fingerprint density at radius 3 is 1.53 bits per heavy atom.